The smallest absolute Gasteiger partial charge is 0.404 e. The fraction of sp³-hybridized carbons (Fsp3) is 0.316. The molecule has 1 aliphatic rings. The number of benzene rings is 1. The number of halogens is 2. The van der Waals surface area contributed by atoms with E-state index in [0.29, 0.717) is 18.5 Å². The molecule has 2 atom stereocenters. The molecule has 7 nitrogen and oxygen atoms in total. The molecule has 0 aliphatic heterocycles. The second-order valence-corrected chi connectivity index (χ2v) is 6.55. The van der Waals surface area contributed by atoms with Crippen LogP contribution < -0.4 is 16.0 Å². The molecule has 28 heavy (non-hydrogen) atoms. The van der Waals surface area contributed by atoms with E-state index in [-0.39, 0.29) is 29.3 Å². The maximum atomic E-state index is 14.5. The van der Waals surface area contributed by atoms with Crippen molar-refractivity contribution in [2.24, 2.45) is 0 Å². The van der Waals surface area contributed by atoms with Gasteiger partial charge in [0, 0.05) is 11.7 Å². The molecule has 1 aromatic carbocycles. The van der Waals surface area contributed by atoms with Crippen LogP contribution in [0.2, 0.25) is 0 Å². The van der Waals surface area contributed by atoms with Gasteiger partial charge in [-0.3, -0.25) is 0 Å². The first kappa shape index (κ1) is 19.4. The maximum absolute atomic E-state index is 14.5. The van der Waals surface area contributed by atoms with Crippen LogP contribution in [-0.2, 0) is 0 Å². The molecule has 3 rings (SSSR count). The zero-order chi connectivity index (χ0) is 20.1. The van der Waals surface area contributed by atoms with Crippen LogP contribution in [0, 0.1) is 23.0 Å². The van der Waals surface area contributed by atoms with E-state index in [2.05, 4.69) is 20.9 Å². The van der Waals surface area contributed by atoms with Crippen LogP contribution in [0.5, 0.6) is 0 Å². The summed E-state index contributed by atoms with van der Waals surface area (Å²) in [5.74, 6) is -1.20. The lowest BCUT2D eigenvalue weighted by atomic mass is 9.90. The molecule has 2 aromatic rings. The van der Waals surface area contributed by atoms with Gasteiger partial charge in [0.05, 0.1) is 11.6 Å². The van der Waals surface area contributed by atoms with Crippen LogP contribution in [0.25, 0.3) is 0 Å². The summed E-state index contributed by atoms with van der Waals surface area (Å²) in [6.45, 7) is 0. The van der Waals surface area contributed by atoms with E-state index in [1.165, 1.54) is 18.2 Å². The second-order valence-electron chi connectivity index (χ2n) is 6.55. The fourth-order valence-corrected chi connectivity index (χ4v) is 3.28. The molecule has 9 heteroatoms. The van der Waals surface area contributed by atoms with Crippen molar-refractivity contribution in [3.05, 3.63) is 47.5 Å². The van der Waals surface area contributed by atoms with Crippen LogP contribution >= 0.6 is 0 Å². The van der Waals surface area contributed by atoms with Crippen molar-refractivity contribution in [1.82, 2.24) is 10.3 Å². The number of nitrogens with one attached hydrogen (secondary N) is 3. The van der Waals surface area contributed by atoms with E-state index in [4.69, 9.17) is 5.11 Å². The van der Waals surface area contributed by atoms with Crippen LogP contribution in [0.4, 0.5) is 30.9 Å². The minimum atomic E-state index is -1.14. The summed E-state index contributed by atoms with van der Waals surface area (Å²) in [6, 6.07) is 7.79. The average molecular weight is 387 g/mol. The lowest BCUT2D eigenvalue weighted by Gasteiger charge is -2.32. The Balaban J connectivity index is 1.86. The number of hydrogen-bond donors (Lipinski definition) is 4. The molecule has 1 amide bonds. The zero-order valence-corrected chi connectivity index (χ0v) is 14.9. The maximum Gasteiger partial charge on any atom is 0.404 e. The van der Waals surface area contributed by atoms with Crippen molar-refractivity contribution in [2.45, 2.75) is 37.8 Å². The Hall–Kier alpha value is -3.41. The van der Waals surface area contributed by atoms with Gasteiger partial charge in [0.2, 0.25) is 0 Å². The molecular formula is C19H19F2N5O2. The highest BCUT2D eigenvalue weighted by atomic mass is 19.1. The average Bonchev–Trinajstić information content (AvgIpc) is 2.65. The number of amides is 1. The zero-order valence-electron chi connectivity index (χ0n) is 14.9. The van der Waals surface area contributed by atoms with Crippen molar-refractivity contribution in [3.63, 3.8) is 0 Å². The van der Waals surface area contributed by atoms with Crippen LogP contribution in [0.1, 0.15) is 31.2 Å². The Morgan fingerprint density at radius 1 is 1.18 bits per heavy atom. The van der Waals surface area contributed by atoms with Gasteiger partial charge in [-0.15, -0.1) is 0 Å². The number of carbonyl (C=O) groups is 1. The number of anilines is 3. The van der Waals surface area contributed by atoms with Crippen LogP contribution in [0.3, 0.4) is 0 Å². The number of nitrogens with zero attached hydrogens (tertiary/aromatic N) is 2. The molecule has 1 aliphatic carbocycles. The Kier molecular flexibility index (Phi) is 5.89. The van der Waals surface area contributed by atoms with Crippen LogP contribution in [-0.4, -0.2) is 28.3 Å². The Morgan fingerprint density at radius 2 is 1.93 bits per heavy atom. The van der Waals surface area contributed by atoms with Gasteiger partial charge in [0.25, 0.3) is 0 Å². The largest absolute Gasteiger partial charge is 0.465 e. The molecule has 146 valence electrons. The van der Waals surface area contributed by atoms with Crippen molar-refractivity contribution < 1.29 is 18.7 Å². The van der Waals surface area contributed by atoms with Gasteiger partial charge in [-0.25, -0.2) is 18.6 Å². The standard InChI is InChI=1S/C19H19F2N5O2/c20-12-4-3-5-13(9-12)23-17-11(10-22)8-14(21)18(26-17)24-15-6-1-2-7-16(15)25-19(27)28/h3-5,8-9,15-16,25H,1-2,6-7H2,(H,27,28)(H2,23,24,26)/t15-,16+/m1/s1. The highest BCUT2D eigenvalue weighted by Crippen LogP contribution is 2.27. The highest BCUT2D eigenvalue weighted by molar-refractivity contribution is 5.66. The molecule has 1 heterocycles. The normalized spacial score (nSPS) is 18.8. The summed E-state index contributed by atoms with van der Waals surface area (Å²) in [5.41, 5.74) is 0.334. The minimum absolute atomic E-state index is 0.0313. The topological polar surface area (TPSA) is 110 Å². The van der Waals surface area contributed by atoms with Crippen molar-refractivity contribution in [3.8, 4) is 6.07 Å². The molecule has 1 aromatic heterocycles. The summed E-state index contributed by atoms with van der Waals surface area (Å²) in [6.07, 6.45) is 1.90. The summed E-state index contributed by atoms with van der Waals surface area (Å²) in [4.78, 5) is 15.2. The lowest BCUT2D eigenvalue weighted by Crippen LogP contribution is -2.48. The fourth-order valence-electron chi connectivity index (χ4n) is 3.28. The molecular weight excluding hydrogens is 368 g/mol. The summed E-state index contributed by atoms with van der Waals surface area (Å²) in [5, 5.41) is 26.5. The number of pyridine rings is 1. The third-order valence-corrected chi connectivity index (χ3v) is 4.58. The highest BCUT2D eigenvalue weighted by Gasteiger charge is 2.28. The number of nitriles is 1. The molecule has 4 N–H and O–H groups in total. The van der Waals surface area contributed by atoms with Gasteiger partial charge in [0.15, 0.2) is 17.5 Å². The number of carboxylic acid groups (broad SMARTS) is 1. The van der Waals surface area contributed by atoms with E-state index in [0.717, 1.165) is 18.9 Å². The second kappa shape index (κ2) is 8.52. The van der Waals surface area contributed by atoms with E-state index >= 15 is 0 Å². The van der Waals surface area contributed by atoms with Gasteiger partial charge in [-0.2, -0.15) is 5.26 Å². The SMILES string of the molecule is N#Cc1cc(F)c(N[C@@H]2CCCC[C@@H]2NC(=O)O)nc1Nc1cccc(F)c1. The molecule has 0 saturated heterocycles. The van der Waals surface area contributed by atoms with E-state index < -0.39 is 17.7 Å². The van der Waals surface area contributed by atoms with Gasteiger partial charge >= 0.3 is 6.09 Å². The summed E-state index contributed by atoms with van der Waals surface area (Å²) >= 11 is 0. The lowest BCUT2D eigenvalue weighted by molar-refractivity contribution is 0.184. The van der Waals surface area contributed by atoms with Gasteiger partial charge in [-0.05, 0) is 37.1 Å². The van der Waals surface area contributed by atoms with Crippen molar-refractivity contribution >= 4 is 23.4 Å². The number of rotatable bonds is 5. The third kappa shape index (κ3) is 4.65. The van der Waals surface area contributed by atoms with Gasteiger partial charge < -0.3 is 21.1 Å². The summed E-state index contributed by atoms with van der Waals surface area (Å²) in [7, 11) is 0. The summed E-state index contributed by atoms with van der Waals surface area (Å²) < 4.78 is 27.9. The third-order valence-electron chi connectivity index (χ3n) is 4.58. The van der Waals surface area contributed by atoms with E-state index in [1.54, 1.807) is 6.07 Å². The number of aromatic nitrogens is 1. The first-order valence-corrected chi connectivity index (χ1v) is 8.85. The molecule has 0 spiro atoms. The Morgan fingerprint density at radius 3 is 2.61 bits per heavy atom. The van der Waals surface area contributed by atoms with Crippen molar-refractivity contribution in [1.29, 1.82) is 5.26 Å². The van der Waals surface area contributed by atoms with Crippen LogP contribution in [0.15, 0.2) is 30.3 Å². The predicted octanol–water partition coefficient (Wildman–Crippen LogP) is 3.97. The first-order chi connectivity index (χ1) is 13.5. The first-order valence-electron chi connectivity index (χ1n) is 8.85. The molecule has 1 fully saturated rings. The molecule has 1 saturated carbocycles. The quantitative estimate of drug-likeness (QED) is 0.618. The minimum Gasteiger partial charge on any atom is -0.465 e. The van der Waals surface area contributed by atoms with Gasteiger partial charge in [0.1, 0.15) is 11.9 Å². The van der Waals surface area contributed by atoms with Gasteiger partial charge in [-0.1, -0.05) is 18.9 Å². The number of hydrogen-bond acceptors (Lipinski definition) is 5. The van der Waals surface area contributed by atoms with Crippen molar-refractivity contribution in [2.75, 3.05) is 10.6 Å². The molecule has 0 unspecified atom stereocenters. The van der Waals surface area contributed by atoms with E-state index in [9.17, 15) is 18.8 Å². The Labute approximate surface area is 160 Å². The molecule has 0 radical (unpaired) electrons. The molecule has 0 bridgehead atoms. The van der Waals surface area contributed by atoms with E-state index in [1.807, 2.05) is 6.07 Å². The monoisotopic (exact) mass is 387 g/mol. The predicted molar refractivity (Wildman–Crippen MR) is 99.4 cm³/mol. The Bertz CT molecular complexity index is 916.